The molecule has 0 radical (unpaired) electrons. The number of ether oxygens (including phenoxy) is 2. The largest absolute Gasteiger partial charge is 0.505 e. The second-order valence-electron chi connectivity index (χ2n) is 5.83. The molecule has 0 aliphatic rings. The molecule has 148 valence electrons. The SMILES string of the molecule is COC(=O)c1cccc(NC(=O)c2nn(-c3ccccc3OC)c(=O)cc2O)c1. The van der Waals surface area contributed by atoms with Gasteiger partial charge in [0.05, 0.1) is 19.8 Å². The molecule has 1 aromatic heterocycles. The summed E-state index contributed by atoms with van der Waals surface area (Å²) in [4.78, 5) is 36.6. The zero-order chi connectivity index (χ0) is 21.0. The summed E-state index contributed by atoms with van der Waals surface area (Å²) in [6.07, 6.45) is 0. The van der Waals surface area contributed by atoms with E-state index in [9.17, 15) is 19.5 Å². The van der Waals surface area contributed by atoms with E-state index in [0.717, 1.165) is 10.7 Å². The molecule has 2 aromatic carbocycles. The first-order valence-electron chi connectivity index (χ1n) is 8.41. The number of nitrogens with one attached hydrogen (secondary N) is 1. The van der Waals surface area contributed by atoms with Gasteiger partial charge in [-0.1, -0.05) is 18.2 Å². The highest BCUT2D eigenvalue weighted by Crippen LogP contribution is 2.22. The molecule has 0 bridgehead atoms. The molecule has 0 saturated heterocycles. The number of esters is 1. The third-order valence-corrected chi connectivity index (χ3v) is 3.98. The Labute approximate surface area is 165 Å². The molecule has 3 aromatic rings. The van der Waals surface area contributed by atoms with Crippen LogP contribution in [-0.2, 0) is 4.74 Å². The minimum Gasteiger partial charge on any atom is -0.505 e. The average molecular weight is 395 g/mol. The van der Waals surface area contributed by atoms with E-state index in [0.29, 0.717) is 11.4 Å². The molecule has 0 atom stereocenters. The van der Waals surface area contributed by atoms with Crippen LogP contribution < -0.4 is 15.6 Å². The molecular weight excluding hydrogens is 378 g/mol. The maximum atomic E-state index is 12.6. The number of hydrogen-bond acceptors (Lipinski definition) is 7. The van der Waals surface area contributed by atoms with Crippen molar-refractivity contribution in [2.24, 2.45) is 0 Å². The molecule has 0 saturated carbocycles. The first-order valence-corrected chi connectivity index (χ1v) is 8.41. The number of nitrogens with zero attached hydrogens (tertiary/aromatic N) is 2. The predicted molar refractivity (Wildman–Crippen MR) is 104 cm³/mol. The summed E-state index contributed by atoms with van der Waals surface area (Å²) >= 11 is 0. The van der Waals surface area contributed by atoms with Crippen LogP contribution in [0.15, 0.2) is 59.4 Å². The number of carbonyl (C=O) groups is 2. The van der Waals surface area contributed by atoms with Crippen LogP contribution in [0.4, 0.5) is 5.69 Å². The first-order chi connectivity index (χ1) is 13.9. The Morgan fingerprint density at radius 1 is 1.07 bits per heavy atom. The van der Waals surface area contributed by atoms with Crippen molar-refractivity contribution in [1.29, 1.82) is 0 Å². The number of para-hydroxylation sites is 2. The second-order valence-corrected chi connectivity index (χ2v) is 5.83. The van der Waals surface area contributed by atoms with Crippen LogP contribution in [0.25, 0.3) is 5.69 Å². The molecular formula is C20H17N3O6. The lowest BCUT2D eigenvalue weighted by Crippen LogP contribution is -2.25. The minimum atomic E-state index is -0.770. The average Bonchev–Trinajstić information content (AvgIpc) is 2.73. The smallest absolute Gasteiger partial charge is 0.337 e. The molecule has 0 unspecified atom stereocenters. The van der Waals surface area contributed by atoms with E-state index in [1.165, 1.54) is 26.4 Å². The van der Waals surface area contributed by atoms with Gasteiger partial charge in [-0.15, -0.1) is 0 Å². The van der Waals surface area contributed by atoms with Crippen LogP contribution in [0.5, 0.6) is 11.5 Å². The van der Waals surface area contributed by atoms with E-state index >= 15 is 0 Å². The van der Waals surface area contributed by atoms with Crippen molar-refractivity contribution in [3.63, 3.8) is 0 Å². The fraction of sp³-hybridized carbons (Fsp3) is 0.100. The van der Waals surface area contributed by atoms with Crippen molar-refractivity contribution < 1.29 is 24.2 Å². The van der Waals surface area contributed by atoms with Gasteiger partial charge in [-0.3, -0.25) is 9.59 Å². The van der Waals surface area contributed by atoms with Crippen LogP contribution in [0.2, 0.25) is 0 Å². The van der Waals surface area contributed by atoms with Crippen molar-refractivity contribution in [3.05, 3.63) is 76.2 Å². The van der Waals surface area contributed by atoms with Gasteiger partial charge in [-0.25, -0.2) is 4.79 Å². The van der Waals surface area contributed by atoms with Crippen LogP contribution >= 0.6 is 0 Å². The fourth-order valence-electron chi connectivity index (χ4n) is 2.62. The molecule has 0 fully saturated rings. The summed E-state index contributed by atoms with van der Waals surface area (Å²) in [5.74, 6) is -1.55. The number of methoxy groups -OCH3 is 2. The standard InChI is InChI=1S/C20H17N3O6/c1-28-16-9-4-3-8-14(16)23-17(25)11-15(24)18(22-23)19(26)21-13-7-5-6-12(10-13)20(27)29-2/h3-11,24H,1-2H3,(H,21,26). The second kappa shape index (κ2) is 8.26. The van der Waals surface area contributed by atoms with Gasteiger partial charge in [0.25, 0.3) is 11.5 Å². The van der Waals surface area contributed by atoms with E-state index in [4.69, 9.17) is 4.74 Å². The predicted octanol–water partition coefficient (Wildman–Crippen LogP) is 1.99. The van der Waals surface area contributed by atoms with Gasteiger partial charge >= 0.3 is 5.97 Å². The molecule has 3 rings (SSSR count). The molecule has 29 heavy (non-hydrogen) atoms. The number of carbonyl (C=O) groups excluding carboxylic acids is 2. The van der Waals surface area contributed by atoms with Gasteiger partial charge in [0.15, 0.2) is 11.4 Å². The highest BCUT2D eigenvalue weighted by Gasteiger charge is 2.19. The molecule has 2 N–H and O–H groups in total. The Morgan fingerprint density at radius 3 is 2.55 bits per heavy atom. The maximum Gasteiger partial charge on any atom is 0.337 e. The third-order valence-electron chi connectivity index (χ3n) is 3.98. The van der Waals surface area contributed by atoms with E-state index < -0.39 is 23.2 Å². The maximum absolute atomic E-state index is 12.6. The number of rotatable bonds is 5. The summed E-state index contributed by atoms with van der Waals surface area (Å²) in [5, 5.41) is 16.6. The normalized spacial score (nSPS) is 10.3. The zero-order valence-corrected chi connectivity index (χ0v) is 15.6. The molecule has 0 spiro atoms. The molecule has 9 heteroatoms. The van der Waals surface area contributed by atoms with Crippen molar-refractivity contribution in [3.8, 4) is 17.2 Å². The highest BCUT2D eigenvalue weighted by atomic mass is 16.5. The summed E-state index contributed by atoms with van der Waals surface area (Å²) < 4.78 is 10.8. The van der Waals surface area contributed by atoms with E-state index in [1.54, 1.807) is 36.4 Å². The number of aromatic nitrogens is 2. The van der Waals surface area contributed by atoms with Gasteiger partial charge in [-0.2, -0.15) is 9.78 Å². The summed E-state index contributed by atoms with van der Waals surface area (Å²) in [6.45, 7) is 0. The van der Waals surface area contributed by atoms with Crippen molar-refractivity contribution in [2.75, 3.05) is 19.5 Å². The van der Waals surface area contributed by atoms with Crippen LogP contribution in [0.1, 0.15) is 20.8 Å². The molecule has 1 heterocycles. The summed E-state index contributed by atoms with van der Waals surface area (Å²) in [7, 11) is 2.68. The van der Waals surface area contributed by atoms with Crippen LogP contribution in [-0.4, -0.2) is 41.0 Å². The lowest BCUT2D eigenvalue weighted by Gasteiger charge is -2.12. The monoisotopic (exact) mass is 395 g/mol. The van der Waals surface area contributed by atoms with Gasteiger partial charge in [0.2, 0.25) is 0 Å². The topological polar surface area (TPSA) is 120 Å². The van der Waals surface area contributed by atoms with Gasteiger partial charge < -0.3 is 19.9 Å². The highest BCUT2D eigenvalue weighted by molar-refractivity contribution is 6.05. The Morgan fingerprint density at radius 2 is 1.83 bits per heavy atom. The molecule has 9 nitrogen and oxygen atoms in total. The number of benzene rings is 2. The van der Waals surface area contributed by atoms with Crippen molar-refractivity contribution in [1.82, 2.24) is 9.78 Å². The lowest BCUT2D eigenvalue weighted by molar-refractivity contribution is 0.0600. The number of anilines is 1. The minimum absolute atomic E-state index is 0.237. The quantitative estimate of drug-likeness (QED) is 0.634. The molecule has 1 amide bonds. The van der Waals surface area contributed by atoms with E-state index in [-0.39, 0.29) is 16.9 Å². The van der Waals surface area contributed by atoms with Crippen LogP contribution in [0, 0.1) is 0 Å². The Kier molecular flexibility index (Phi) is 5.59. The van der Waals surface area contributed by atoms with Crippen molar-refractivity contribution >= 4 is 17.6 Å². The molecule has 0 aliphatic carbocycles. The fourth-order valence-corrected chi connectivity index (χ4v) is 2.62. The van der Waals surface area contributed by atoms with Gasteiger partial charge in [0.1, 0.15) is 11.4 Å². The van der Waals surface area contributed by atoms with E-state index in [1.807, 2.05) is 0 Å². The number of amides is 1. The first kappa shape index (κ1) is 19.6. The third kappa shape index (κ3) is 4.08. The molecule has 0 aliphatic heterocycles. The summed E-state index contributed by atoms with van der Waals surface area (Å²) in [6, 6.07) is 13.6. The Bertz CT molecular complexity index is 1140. The zero-order valence-electron chi connectivity index (χ0n) is 15.6. The Hall–Kier alpha value is -4.14. The van der Waals surface area contributed by atoms with Gasteiger partial charge in [0, 0.05) is 11.8 Å². The Balaban J connectivity index is 1.98. The number of hydrogen-bond donors (Lipinski definition) is 2. The summed E-state index contributed by atoms with van der Waals surface area (Å²) in [5.41, 5.74) is -0.187. The van der Waals surface area contributed by atoms with Crippen LogP contribution in [0.3, 0.4) is 0 Å². The lowest BCUT2D eigenvalue weighted by atomic mass is 10.2. The van der Waals surface area contributed by atoms with E-state index in [2.05, 4.69) is 15.2 Å². The number of aromatic hydroxyl groups is 1. The van der Waals surface area contributed by atoms with Gasteiger partial charge in [-0.05, 0) is 30.3 Å². The van der Waals surface area contributed by atoms with Crippen molar-refractivity contribution in [2.45, 2.75) is 0 Å².